The summed E-state index contributed by atoms with van der Waals surface area (Å²) in [5.41, 5.74) is 8.13. The van der Waals surface area contributed by atoms with Gasteiger partial charge >= 0.3 is 0 Å². The highest BCUT2D eigenvalue weighted by atomic mass is 32.2. The van der Waals surface area contributed by atoms with E-state index in [0.29, 0.717) is 4.99 Å². The summed E-state index contributed by atoms with van der Waals surface area (Å²) >= 11 is 7.07. The molecule has 5 heteroatoms. The minimum Gasteiger partial charge on any atom is -0.389 e. The number of anilines is 1. The van der Waals surface area contributed by atoms with Gasteiger partial charge in [-0.05, 0) is 31.7 Å². The van der Waals surface area contributed by atoms with Gasteiger partial charge in [0.05, 0.1) is 12.2 Å². The maximum absolute atomic E-state index is 5.98. The second-order valence-electron chi connectivity index (χ2n) is 5.11. The van der Waals surface area contributed by atoms with Crippen LogP contribution in [0.1, 0.15) is 26.3 Å². The van der Waals surface area contributed by atoms with Crippen molar-refractivity contribution < 1.29 is 4.74 Å². The molecule has 0 aliphatic carbocycles. The Balaban J connectivity index is 2.39. The van der Waals surface area contributed by atoms with E-state index in [9.17, 15) is 0 Å². The Morgan fingerprint density at radius 3 is 2.60 bits per heavy atom. The number of thiocarbonyl (C=S) groups is 1. The second kappa shape index (κ2) is 6.78. The monoisotopic (exact) mass is 310 g/mol. The summed E-state index contributed by atoms with van der Waals surface area (Å²) in [6, 6.07) is 6.29. The van der Waals surface area contributed by atoms with Crippen LogP contribution in [0.15, 0.2) is 23.1 Å². The first-order chi connectivity index (χ1) is 9.52. The first kappa shape index (κ1) is 15.6. The van der Waals surface area contributed by atoms with E-state index in [4.69, 9.17) is 22.7 Å². The number of hydrogen-bond donors (Lipinski definition) is 1. The number of ether oxygens (including phenoxy) is 1. The molecule has 2 rings (SSSR count). The average molecular weight is 310 g/mol. The Morgan fingerprint density at radius 2 is 2.05 bits per heavy atom. The minimum atomic E-state index is 0.223. The molecule has 1 fully saturated rings. The zero-order chi connectivity index (χ0) is 14.7. The topological polar surface area (TPSA) is 38.5 Å². The van der Waals surface area contributed by atoms with Crippen molar-refractivity contribution in [3.63, 3.8) is 0 Å². The van der Waals surface area contributed by atoms with Crippen molar-refractivity contribution in [2.45, 2.75) is 37.9 Å². The van der Waals surface area contributed by atoms with Crippen LogP contribution in [0.25, 0.3) is 0 Å². The fraction of sp³-hybridized carbons (Fsp3) is 0.533. The molecule has 20 heavy (non-hydrogen) atoms. The molecule has 0 amide bonds. The van der Waals surface area contributed by atoms with E-state index in [-0.39, 0.29) is 12.2 Å². The Morgan fingerprint density at radius 1 is 1.40 bits per heavy atom. The van der Waals surface area contributed by atoms with Gasteiger partial charge in [-0.1, -0.05) is 25.2 Å². The lowest BCUT2D eigenvalue weighted by atomic mass is 10.1. The number of thioether (sulfide) groups is 1. The summed E-state index contributed by atoms with van der Waals surface area (Å²) < 4.78 is 5.80. The molecule has 3 nitrogen and oxygen atoms in total. The van der Waals surface area contributed by atoms with Gasteiger partial charge < -0.3 is 15.4 Å². The van der Waals surface area contributed by atoms with Gasteiger partial charge in [0.1, 0.15) is 4.99 Å². The van der Waals surface area contributed by atoms with Crippen LogP contribution in [0.3, 0.4) is 0 Å². The third kappa shape index (κ3) is 3.45. The number of hydrogen-bond acceptors (Lipinski definition) is 4. The summed E-state index contributed by atoms with van der Waals surface area (Å²) in [7, 11) is 0. The Hall–Kier alpha value is -0.780. The van der Waals surface area contributed by atoms with Crippen molar-refractivity contribution in [2.24, 2.45) is 5.73 Å². The van der Waals surface area contributed by atoms with Gasteiger partial charge in [-0.3, -0.25) is 0 Å². The summed E-state index contributed by atoms with van der Waals surface area (Å²) in [6.07, 6.45) is 0.445. The summed E-state index contributed by atoms with van der Waals surface area (Å²) in [6.45, 7) is 8.10. The molecule has 2 atom stereocenters. The highest BCUT2D eigenvalue weighted by Gasteiger charge is 2.25. The predicted molar refractivity (Wildman–Crippen MR) is 90.9 cm³/mol. The number of nitrogens with two attached hydrogens (primary N) is 1. The first-order valence-electron chi connectivity index (χ1n) is 6.99. The third-order valence-corrected chi connectivity index (χ3v) is 4.45. The van der Waals surface area contributed by atoms with Gasteiger partial charge in [0.15, 0.2) is 0 Å². The van der Waals surface area contributed by atoms with Crippen LogP contribution in [0.5, 0.6) is 0 Å². The SMILES string of the molecule is CCSc1cccc(N2C[C@@H](C)O[C@@H](C)C2)c1C(N)=S. The van der Waals surface area contributed by atoms with Crippen LogP contribution in [0.2, 0.25) is 0 Å². The van der Waals surface area contributed by atoms with Gasteiger partial charge in [-0.25, -0.2) is 0 Å². The predicted octanol–water partition coefficient (Wildman–Crippen LogP) is 3.05. The molecule has 0 bridgehead atoms. The van der Waals surface area contributed by atoms with E-state index in [2.05, 4.69) is 43.9 Å². The molecule has 1 aliphatic heterocycles. The summed E-state index contributed by atoms with van der Waals surface area (Å²) in [5, 5.41) is 0. The van der Waals surface area contributed by atoms with Crippen LogP contribution < -0.4 is 10.6 Å². The largest absolute Gasteiger partial charge is 0.389 e. The third-order valence-electron chi connectivity index (χ3n) is 3.31. The van der Waals surface area contributed by atoms with Crippen LogP contribution in [-0.4, -0.2) is 36.0 Å². The van der Waals surface area contributed by atoms with Crippen molar-refractivity contribution in [3.8, 4) is 0 Å². The fourth-order valence-electron chi connectivity index (χ4n) is 2.68. The molecule has 1 saturated heterocycles. The molecule has 110 valence electrons. The van der Waals surface area contributed by atoms with E-state index in [1.807, 2.05) is 0 Å². The maximum Gasteiger partial charge on any atom is 0.107 e. The quantitative estimate of drug-likeness (QED) is 0.683. The number of rotatable bonds is 4. The van der Waals surface area contributed by atoms with Crippen molar-refractivity contribution in [3.05, 3.63) is 23.8 Å². The van der Waals surface area contributed by atoms with Gasteiger partial charge in [-0.2, -0.15) is 0 Å². The van der Waals surface area contributed by atoms with Crippen molar-refractivity contribution in [1.82, 2.24) is 0 Å². The molecular formula is C15H22N2OS2. The fourth-order valence-corrected chi connectivity index (χ4v) is 3.80. The van der Waals surface area contributed by atoms with E-state index < -0.39 is 0 Å². The lowest BCUT2D eigenvalue weighted by Crippen LogP contribution is -2.46. The Labute approximate surface area is 130 Å². The number of benzene rings is 1. The van der Waals surface area contributed by atoms with E-state index in [1.54, 1.807) is 11.8 Å². The molecule has 0 spiro atoms. The van der Waals surface area contributed by atoms with Crippen molar-refractivity contribution in [1.29, 1.82) is 0 Å². The Kier molecular flexibility index (Phi) is 5.29. The molecule has 0 unspecified atom stereocenters. The molecule has 1 aliphatic rings. The van der Waals surface area contributed by atoms with Crippen LogP contribution >= 0.6 is 24.0 Å². The number of morpholine rings is 1. The molecule has 0 aromatic heterocycles. The second-order valence-corrected chi connectivity index (χ2v) is 6.86. The zero-order valence-corrected chi connectivity index (χ0v) is 13.9. The molecule has 2 N–H and O–H groups in total. The average Bonchev–Trinajstić information content (AvgIpc) is 2.37. The van der Waals surface area contributed by atoms with Gasteiger partial charge in [0.25, 0.3) is 0 Å². The van der Waals surface area contributed by atoms with Crippen LogP contribution in [-0.2, 0) is 4.74 Å². The highest BCUT2D eigenvalue weighted by molar-refractivity contribution is 7.99. The lowest BCUT2D eigenvalue weighted by Gasteiger charge is -2.38. The highest BCUT2D eigenvalue weighted by Crippen LogP contribution is 2.32. The first-order valence-corrected chi connectivity index (χ1v) is 8.38. The standard InChI is InChI=1S/C15H22N2OS2/c1-4-20-13-7-5-6-12(14(13)15(16)19)17-8-10(2)18-11(3)9-17/h5-7,10-11H,4,8-9H2,1-3H3,(H2,16,19)/t10-,11+. The normalized spacial score (nSPS) is 22.9. The van der Waals surface area contributed by atoms with Crippen LogP contribution in [0, 0.1) is 0 Å². The van der Waals surface area contributed by atoms with Gasteiger partial charge in [-0.15, -0.1) is 11.8 Å². The zero-order valence-electron chi connectivity index (χ0n) is 12.3. The Bertz CT molecular complexity index is 483. The van der Waals surface area contributed by atoms with E-state index in [0.717, 1.165) is 30.1 Å². The molecule has 1 heterocycles. The van der Waals surface area contributed by atoms with Gasteiger partial charge in [0, 0.05) is 29.2 Å². The van der Waals surface area contributed by atoms with E-state index in [1.165, 1.54) is 4.90 Å². The molecular weight excluding hydrogens is 288 g/mol. The number of nitrogens with zero attached hydrogens (tertiary/aromatic N) is 1. The minimum absolute atomic E-state index is 0.223. The van der Waals surface area contributed by atoms with Crippen molar-refractivity contribution >= 4 is 34.7 Å². The smallest absolute Gasteiger partial charge is 0.107 e. The van der Waals surface area contributed by atoms with Crippen LogP contribution in [0.4, 0.5) is 5.69 Å². The maximum atomic E-state index is 5.98. The molecule has 1 aromatic rings. The van der Waals surface area contributed by atoms with E-state index >= 15 is 0 Å². The summed E-state index contributed by atoms with van der Waals surface area (Å²) in [4.78, 5) is 3.99. The lowest BCUT2D eigenvalue weighted by molar-refractivity contribution is -0.00523. The van der Waals surface area contributed by atoms with Crippen molar-refractivity contribution in [2.75, 3.05) is 23.7 Å². The molecule has 1 aromatic carbocycles. The van der Waals surface area contributed by atoms with Gasteiger partial charge in [0.2, 0.25) is 0 Å². The molecule has 0 saturated carbocycles. The molecule has 0 radical (unpaired) electrons. The summed E-state index contributed by atoms with van der Waals surface area (Å²) in [5.74, 6) is 1.01.